The van der Waals surface area contributed by atoms with Crippen LogP contribution in [0, 0.1) is 0 Å². The molecule has 2 heterocycles. The van der Waals surface area contributed by atoms with Crippen LogP contribution in [0.2, 0.25) is 0 Å². The number of nitrogens with zero attached hydrogens (tertiary/aromatic N) is 1. The molecule has 0 aromatic carbocycles. The summed E-state index contributed by atoms with van der Waals surface area (Å²) in [7, 11) is 0. The molecule has 1 aromatic rings. The molecule has 1 saturated heterocycles. The molecule has 1 fully saturated rings. The quantitative estimate of drug-likeness (QED) is 0.845. The van der Waals surface area contributed by atoms with Gasteiger partial charge in [-0.05, 0) is 31.4 Å². The molecule has 1 aliphatic heterocycles. The molecule has 0 spiro atoms. The molecule has 2 rings (SSSR count). The van der Waals surface area contributed by atoms with Crippen molar-refractivity contribution in [3.8, 4) is 0 Å². The Morgan fingerprint density at radius 1 is 1.47 bits per heavy atom. The maximum absolute atomic E-state index is 12.4. The van der Waals surface area contributed by atoms with E-state index in [9.17, 15) is 4.79 Å². The first-order valence-electron chi connectivity index (χ1n) is 6.96. The van der Waals surface area contributed by atoms with E-state index in [1.165, 1.54) is 6.42 Å². The van der Waals surface area contributed by atoms with Gasteiger partial charge in [0.25, 0.3) is 5.91 Å². The Bertz CT molecular complexity index is 408. The standard InChI is InChI=1S/C15H23NO2S/c1-15(2,3)19-11-12-7-4-5-9-16(12)14(17)13-8-6-10-18-13/h6,8,10,12H,4-5,7,9,11H2,1-3H3. The van der Waals surface area contributed by atoms with Gasteiger partial charge in [-0.25, -0.2) is 0 Å². The molecule has 1 aromatic heterocycles. The van der Waals surface area contributed by atoms with Crippen LogP contribution in [0.5, 0.6) is 0 Å². The van der Waals surface area contributed by atoms with Crippen LogP contribution in [0.3, 0.4) is 0 Å². The molecule has 19 heavy (non-hydrogen) atoms. The summed E-state index contributed by atoms with van der Waals surface area (Å²) < 4.78 is 5.49. The molecule has 0 aliphatic carbocycles. The van der Waals surface area contributed by atoms with E-state index in [2.05, 4.69) is 20.8 Å². The normalized spacial score (nSPS) is 20.6. The first-order valence-corrected chi connectivity index (χ1v) is 7.94. The lowest BCUT2D eigenvalue weighted by atomic mass is 10.0. The molecule has 0 bridgehead atoms. The zero-order chi connectivity index (χ0) is 13.9. The van der Waals surface area contributed by atoms with Gasteiger partial charge in [0.2, 0.25) is 0 Å². The fourth-order valence-electron chi connectivity index (χ4n) is 2.33. The van der Waals surface area contributed by atoms with Crippen molar-refractivity contribution >= 4 is 17.7 Å². The molecular formula is C15H23NO2S. The second-order valence-corrected chi connectivity index (χ2v) is 7.90. The summed E-state index contributed by atoms with van der Waals surface area (Å²) in [6.45, 7) is 7.52. The van der Waals surface area contributed by atoms with Crippen LogP contribution in [0.1, 0.15) is 50.6 Å². The second-order valence-electron chi connectivity index (χ2n) is 6.05. The maximum Gasteiger partial charge on any atom is 0.289 e. The highest BCUT2D eigenvalue weighted by atomic mass is 32.2. The lowest BCUT2D eigenvalue weighted by molar-refractivity contribution is 0.0608. The number of amides is 1. The predicted molar refractivity (Wildman–Crippen MR) is 79.6 cm³/mol. The average molecular weight is 281 g/mol. The van der Waals surface area contributed by atoms with Crippen molar-refractivity contribution in [1.82, 2.24) is 4.90 Å². The molecule has 1 amide bonds. The Morgan fingerprint density at radius 3 is 2.89 bits per heavy atom. The number of rotatable bonds is 3. The summed E-state index contributed by atoms with van der Waals surface area (Å²) in [5.41, 5.74) is 0. The van der Waals surface area contributed by atoms with Crippen LogP contribution >= 0.6 is 11.8 Å². The zero-order valence-corrected chi connectivity index (χ0v) is 12.8. The van der Waals surface area contributed by atoms with Crippen molar-refractivity contribution in [1.29, 1.82) is 0 Å². The van der Waals surface area contributed by atoms with E-state index in [1.807, 2.05) is 16.7 Å². The van der Waals surface area contributed by atoms with Crippen molar-refractivity contribution in [3.05, 3.63) is 24.2 Å². The van der Waals surface area contributed by atoms with E-state index in [0.717, 1.165) is 25.1 Å². The second kappa shape index (κ2) is 6.04. The number of carbonyl (C=O) groups is 1. The average Bonchev–Trinajstić information content (AvgIpc) is 2.89. The van der Waals surface area contributed by atoms with E-state index < -0.39 is 0 Å². The van der Waals surface area contributed by atoms with Crippen LogP contribution in [-0.2, 0) is 0 Å². The number of thioether (sulfide) groups is 1. The molecule has 3 nitrogen and oxygen atoms in total. The number of carbonyl (C=O) groups excluding carboxylic acids is 1. The molecule has 106 valence electrons. The van der Waals surface area contributed by atoms with Gasteiger partial charge in [0.05, 0.1) is 6.26 Å². The summed E-state index contributed by atoms with van der Waals surface area (Å²) in [5, 5.41) is 0. The monoisotopic (exact) mass is 281 g/mol. The third-order valence-electron chi connectivity index (χ3n) is 3.33. The summed E-state index contributed by atoms with van der Waals surface area (Å²) in [4.78, 5) is 14.4. The third kappa shape index (κ3) is 4.03. The fourth-order valence-corrected chi connectivity index (χ4v) is 3.37. The summed E-state index contributed by atoms with van der Waals surface area (Å²) in [6.07, 6.45) is 4.99. The van der Waals surface area contributed by atoms with Crippen LogP contribution < -0.4 is 0 Å². The van der Waals surface area contributed by atoms with Crippen molar-refractivity contribution in [2.45, 2.75) is 50.8 Å². The van der Waals surface area contributed by atoms with E-state index in [0.29, 0.717) is 11.8 Å². The zero-order valence-electron chi connectivity index (χ0n) is 12.0. The minimum atomic E-state index is 0.0456. The van der Waals surface area contributed by atoms with Gasteiger partial charge in [0, 0.05) is 23.1 Å². The van der Waals surface area contributed by atoms with E-state index >= 15 is 0 Å². The molecular weight excluding hydrogens is 258 g/mol. The van der Waals surface area contributed by atoms with Crippen molar-refractivity contribution in [2.24, 2.45) is 0 Å². The van der Waals surface area contributed by atoms with Crippen molar-refractivity contribution < 1.29 is 9.21 Å². The van der Waals surface area contributed by atoms with E-state index in [4.69, 9.17) is 4.42 Å². The molecule has 0 radical (unpaired) electrons. The molecule has 4 heteroatoms. The van der Waals surface area contributed by atoms with Crippen LogP contribution in [-0.4, -0.2) is 33.9 Å². The van der Waals surface area contributed by atoms with Gasteiger partial charge in [-0.2, -0.15) is 11.8 Å². The van der Waals surface area contributed by atoms with Gasteiger partial charge in [0.1, 0.15) is 0 Å². The Labute approximate surface area is 119 Å². The van der Waals surface area contributed by atoms with Crippen LogP contribution in [0.15, 0.2) is 22.8 Å². The number of hydrogen-bond acceptors (Lipinski definition) is 3. The first-order chi connectivity index (χ1) is 8.97. The predicted octanol–water partition coefficient (Wildman–Crippen LogP) is 3.81. The Kier molecular flexibility index (Phi) is 4.61. The van der Waals surface area contributed by atoms with Crippen LogP contribution in [0.25, 0.3) is 0 Å². The van der Waals surface area contributed by atoms with Gasteiger partial charge in [-0.1, -0.05) is 20.8 Å². The van der Waals surface area contributed by atoms with Gasteiger partial charge >= 0.3 is 0 Å². The smallest absolute Gasteiger partial charge is 0.289 e. The molecule has 1 unspecified atom stereocenters. The van der Waals surface area contributed by atoms with Crippen LogP contribution in [0.4, 0.5) is 0 Å². The summed E-state index contributed by atoms with van der Waals surface area (Å²) in [6, 6.07) is 3.87. The minimum Gasteiger partial charge on any atom is -0.459 e. The Balaban J connectivity index is 2.01. The summed E-state index contributed by atoms with van der Waals surface area (Å²) in [5.74, 6) is 1.52. The van der Waals surface area contributed by atoms with Crippen molar-refractivity contribution in [3.63, 3.8) is 0 Å². The number of furan rings is 1. The van der Waals surface area contributed by atoms with Gasteiger partial charge in [-0.15, -0.1) is 0 Å². The molecule has 1 aliphatic rings. The molecule has 0 N–H and O–H groups in total. The topological polar surface area (TPSA) is 33.5 Å². The van der Waals surface area contributed by atoms with E-state index in [1.54, 1.807) is 18.4 Å². The highest BCUT2D eigenvalue weighted by Crippen LogP contribution is 2.29. The lowest BCUT2D eigenvalue weighted by Gasteiger charge is -2.36. The van der Waals surface area contributed by atoms with E-state index in [-0.39, 0.29) is 10.7 Å². The molecule has 1 atom stereocenters. The lowest BCUT2D eigenvalue weighted by Crippen LogP contribution is -2.45. The number of piperidine rings is 1. The first kappa shape index (κ1) is 14.5. The highest BCUT2D eigenvalue weighted by molar-refractivity contribution is 8.00. The minimum absolute atomic E-state index is 0.0456. The Hall–Kier alpha value is -0.900. The SMILES string of the molecule is CC(C)(C)SCC1CCCCN1C(=O)c1ccco1. The summed E-state index contributed by atoms with van der Waals surface area (Å²) >= 11 is 1.93. The Morgan fingerprint density at radius 2 is 2.26 bits per heavy atom. The van der Waals surface area contributed by atoms with Gasteiger partial charge in [0.15, 0.2) is 5.76 Å². The van der Waals surface area contributed by atoms with Crippen molar-refractivity contribution in [2.75, 3.05) is 12.3 Å². The van der Waals surface area contributed by atoms with Gasteiger partial charge < -0.3 is 9.32 Å². The fraction of sp³-hybridized carbons (Fsp3) is 0.667. The number of likely N-dealkylation sites (tertiary alicyclic amines) is 1. The number of hydrogen-bond donors (Lipinski definition) is 0. The van der Waals surface area contributed by atoms with Gasteiger partial charge in [-0.3, -0.25) is 4.79 Å². The maximum atomic E-state index is 12.4. The largest absolute Gasteiger partial charge is 0.459 e. The highest BCUT2D eigenvalue weighted by Gasteiger charge is 2.29. The third-order valence-corrected chi connectivity index (χ3v) is 4.75. The molecule has 0 saturated carbocycles.